The highest BCUT2D eigenvalue weighted by molar-refractivity contribution is 5.73. The third kappa shape index (κ3) is 2.78. The average molecular weight is 284 g/mol. The van der Waals surface area contributed by atoms with Crippen molar-refractivity contribution in [1.29, 1.82) is 0 Å². The highest BCUT2D eigenvalue weighted by Crippen LogP contribution is 2.12. The first kappa shape index (κ1) is 13.3. The van der Waals surface area contributed by atoms with Crippen LogP contribution in [0.3, 0.4) is 0 Å². The van der Waals surface area contributed by atoms with Crippen LogP contribution in [0.25, 0.3) is 11.0 Å². The van der Waals surface area contributed by atoms with E-state index in [-0.39, 0.29) is 0 Å². The molecule has 1 heterocycles. The van der Waals surface area contributed by atoms with Crippen LogP contribution in [0, 0.1) is 0 Å². The number of rotatable bonds is 5. The fourth-order valence-electron chi connectivity index (χ4n) is 1.93. The minimum Gasteiger partial charge on any atom is -0.277 e. The Labute approximate surface area is 122 Å². The van der Waals surface area contributed by atoms with Gasteiger partial charge in [0.2, 0.25) is 0 Å². The van der Waals surface area contributed by atoms with Gasteiger partial charge in [-0.05, 0) is 35.1 Å². The molecular formula is C14H16N6O. The van der Waals surface area contributed by atoms with Gasteiger partial charge in [0, 0.05) is 14.1 Å². The van der Waals surface area contributed by atoms with E-state index in [1.165, 1.54) is 4.85 Å². The molecule has 0 unspecified atom stereocenters. The Morgan fingerprint density at radius 3 is 2.48 bits per heavy atom. The van der Waals surface area contributed by atoms with Gasteiger partial charge >= 0.3 is 0 Å². The van der Waals surface area contributed by atoms with Crippen molar-refractivity contribution in [3.8, 4) is 0 Å². The second kappa shape index (κ2) is 5.78. The zero-order valence-electron chi connectivity index (χ0n) is 11.8. The zero-order chi connectivity index (χ0) is 14.7. The molecular weight excluding hydrogens is 268 g/mol. The average Bonchev–Trinajstić information content (AvgIpc) is 2.92. The van der Waals surface area contributed by atoms with E-state index >= 15 is 0 Å². The molecule has 0 amide bonds. The molecule has 0 spiro atoms. The van der Waals surface area contributed by atoms with E-state index in [1.54, 1.807) is 5.12 Å². The first-order valence-corrected chi connectivity index (χ1v) is 6.51. The Balaban J connectivity index is 1.79. The van der Waals surface area contributed by atoms with Crippen LogP contribution >= 0.6 is 0 Å². The van der Waals surface area contributed by atoms with E-state index in [1.807, 2.05) is 73.7 Å². The fourth-order valence-corrected chi connectivity index (χ4v) is 1.93. The number of para-hydroxylation sites is 2. The topological polar surface area (TPSA) is 58.5 Å². The molecule has 0 aliphatic carbocycles. The number of hydrogen-bond donors (Lipinski definition) is 1. The van der Waals surface area contributed by atoms with Crippen LogP contribution in [-0.2, 0) is 0 Å². The smallest absolute Gasteiger partial charge is 0.133 e. The summed E-state index contributed by atoms with van der Waals surface area (Å²) in [5.41, 5.74) is 5.35. The lowest BCUT2D eigenvalue weighted by molar-refractivity contribution is -0.0221. The van der Waals surface area contributed by atoms with E-state index in [9.17, 15) is 0 Å². The van der Waals surface area contributed by atoms with Gasteiger partial charge in [-0.1, -0.05) is 35.2 Å². The molecule has 1 N–H and O–H groups in total. The number of aromatic nitrogens is 3. The summed E-state index contributed by atoms with van der Waals surface area (Å²) < 4.78 is 0. The first-order chi connectivity index (χ1) is 10.3. The van der Waals surface area contributed by atoms with Crippen LogP contribution in [0.5, 0.6) is 0 Å². The summed E-state index contributed by atoms with van der Waals surface area (Å²) in [6, 6.07) is 17.4. The summed E-state index contributed by atoms with van der Waals surface area (Å²) >= 11 is 0. The molecule has 0 saturated carbocycles. The summed E-state index contributed by atoms with van der Waals surface area (Å²) in [7, 11) is 3.81. The molecule has 108 valence electrons. The number of nitrogens with one attached hydrogen (secondary N) is 1. The zero-order valence-corrected chi connectivity index (χ0v) is 11.8. The SMILES string of the molecule is CN(C)N(NOn1nnc2ccccc21)c1ccccc1. The molecule has 0 bridgehead atoms. The third-order valence-electron chi connectivity index (χ3n) is 2.94. The monoisotopic (exact) mass is 284 g/mol. The maximum Gasteiger partial charge on any atom is 0.133 e. The van der Waals surface area contributed by atoms with Crippen LogP contribution in [0.2, 0.25) is 0 Å². The quantitative estimate of drug-likeness (QED) is 0.712. The molecule has 1 aromatic heterocycles. The van der Waals surface area contributed by atoms with Crippen molar-refractivity contribution in [1.82, 2.24) is 25.8 Å². The number of benzene rings is 2. The van der Waals surface area contributed by atoms with Crippen molar-refractivity contribution in [3.05, 3.63) is 54.6 Å². The van der Waals surface area contributed by atoms with E-state index in [0.717, 1.165) is 16.7 Å². The Morgan fingerprint density at radius 1 is 1.00 bits per heavy atom. The Bertz CT molecular complexity index is 712. The molecule has 7 heteroatoms. The molecule has 7 nitrogen and oxygen atoms in total. The maximum atomic E-state index is 5.51. The van der Waals surface area contributed by atoms with Crippen LogP contribution in [0.1, 0.15) is 0 Å². The van der Waals surface area contributed by atoms with Gasteiger partial charge < -0.3 is 0 Å². The molecule has 0 fully saturated rings. The Kier molecular flexibility index (Phi) is 3.67. The molecule has 2 aromatic carbocycles. The Morgan fingerprint density at radius 2 is 1.71 bits per heavy atom. The van der Waals surface area contributed by atoms with Crippen molar-refractivity contribution < 1.29 is 4.94 Å². The number of hydrazine groups is 2. The minimum absolute atomic E-state index is 0.774. The van der Waals surface area contributed by atoms with Crippen molar-refractivity contribution in [2.45, 2.75) is 0 Å². The van der Waals surface area contributed by atoms with Crippen molar-refractivity contribution >= 4 is 16.7 Å². The molecule has 0 atom stereocenters. The first-order valence-electron chi connectivity index (χ1n) is 6.51. The molecule has 0 radical (unpaired) electrons. The summed E-state index contributed by atoms with van der Waals surface area (Å²) in [6.45, 7) is 0. The van der Waals surface area contributed by atoms with Gasteiger partial charge in [-0.25, -0.2) is 10.1 Å². The number of fused-ring (bicyclic) bond motifs is 1. The number of nitrogens with zero attached hydrogens (tertiary/aromatic N) is 5. The number of anilines is 1. The maximum absolute atomic E-state index is 5.51. The van der Waals surface area contributed by atoms with Gasteiger partial charge in [-0.15, -0.1) is 5.10 Å². The fraction of sp³-hybridized carbons (Fsp3) is 0.143. The minimum atomic E-state index is 0.774. The predicted octanol–water partition coefficient (Wildman–Crippen LogP) is 1.26. The lowest BCUT2D eigenvalue weighted by atomic mass is 10.3. The van der Waals surface area contributed by atoms with Crippen molar-refractivity contribution in [2.75, 3.05) is 19.2 Å². The second-order valence-corrected chi connectivity index (χ2v) is 4.63. The summed E-state index contributed by atoms with van der Waals surface area (Å²) in [4.78, 5) is 6.86. The predicted molar refractivity (Wildman–Crippen MR) is 79.9 cm³/mol. The van der Waals surface area contributed by atoms with Crippen molar-refractivity contribution in [2.24, 2.45) is 0 Å². The van der Waals surface area contributed by atoms with Gasteiger partial charge in [-0.2, -0.15) is 0 Å². The lowest BCUT2D eigenvalue weighted by Gasteiger charge is -2.29. The Hall–Kier alpha value is -2.64. The summed E-state index contributed by atoms with van der Waals surface area (Å²) in [5.74, 6) is 0. The van der Waals surface area contributed by atoms with Gasteiger partial charge in [0.25, 0.3) is 0 Å². The van der Waals surface area contributed by atoms with E-state index in [0.29, 0.717) is 0 Å². The van der Waals surface area contributed by atoms with Gasteiger partial charge in [-0.3, -0.25) is 4.94 Å². The largest absolute Gasteiger partial charge is 0.277 e. The lowest BCUT2D eigenvalue weighted by Crippen LogP contribution is -2.51. The van der Waals surface area contributed by atoms with E-state index < -0.39 is 0 Å². The molecule has 0 aliphatic rings. The highest BCUT2D eigenvalue weighted by atomic mass is 16.8. The van der Waals surface area contributed by atoms with Gasteiger partial charge in [0.1, 0.15) is 11.0 Å². The van der Waals surface area contributed by atoms with Gasteiger partial charge in [0.05, 0.1) is 5.69 Å². The standard InChI is InChI=1S/C14H16N6O/c1-18(2)19(12-8-4-3-5-9-12)17-21-20-14-11-7-6-10-13(14)15-16-20/h3-11,17H,1-2H3. The third-order valence-corrected chi connectivity index (χ3v) is 2.94. The van der Waals surface area contributed by atoms with Gasteiger partial charge in [0.15, 0.2) is 0 Å². The van der Waals surface area contributed by atoms with Crippen LogP contribution in [0.4, 0.5) is 5.69 Å². The van der Waals surface area contributed by atoms with E-state index in [4.69, 9.17) is 4.94 Å². The molecule has 3 aromatic rings. The molecule has 3 rings (SSSR count). The number of hydrogen-bond acceptors (Lipinski definition) is 6. The normalized spacial score (nSPS) is 11.0. The van der Waals surface area contributed by atoms with Crippen molar-refractivity contribution in [3.63, 3.8) is 0 Å². The summed E-state index contributed by atoms with van der Waals surface area (Å²) in [5, 5.41) is 11.6. The molecule has 0 saturated heterocycles. The second-order valence-electron chi connectivity index (χ2n) is 4.63. The van der Waals surface area contributed by atoms with Crippen LogP contribution in [-0.4, -0.2) is 34.3 Å². The van der Waals surface area contributed by atoms with E-state index in [2.05, 4.69) is 15.9 Å². The summed E-state index contributed by atoms with van der Waals surface area (Å²) in [6.07, 6.45) is 0. The van der Waals surface area contributed by atoms with Crippen LogP contribution < -0.4 is 15.6 Å². The molecule has 0 aliphatic heterocycles. The van der Waals surface area contributed by atoms with Crippen LogP contribution in [0.15, 0.2) is 54.6 Å². The molecule has 21 heavy (non-hydrogen) atoms. The highest BCUT2D eigenvalue weighted by Gasteiger charge is 2.11.